The fourth-order valence-electron chi connectivity index (χ4n) is 5.20. The molecule has 0 bridgehead atoms. The molecule has 1 aliphatic carbocycles. The highest BCUT2D eigenvalue weighted by molar-refractivity contribution is 6.28. The minimum atomic E-state index is -0.140. The van der Waals surface area contributed by atoms with E-state index < -0.39 is 0 Å². The molecule has 0 radical (unpaired) electrons. The summed E-state index contributed by atoms with van der Waals surface area (Å²) in [4.78, 5) is 35.2. The van der Waals surface area contributed by atoms with Crippen molar-refractivity contribution in [2.24, 2.45) is 0 Å². The van der Waals surface area contributed by atoms with Gasteiger partial charge in [-0.3, -0.25) is 14.3 Å². The third-order valence-electron chi connectivity index (χ3n) is 7.21. The van der Waals surface area contributed by atoms with Crippen molar-refractivity contribution in [3.63, 3.8) is 0 Å². The highest BCUT2D eigenvalue weighted by Gasteiger charge is 2.26. The Balaban J connectivity index is 1.31. The lowest BCUT2D eigenvalue weighted by Crippen LogP contribution is -2.27. The molecule has 0 saturated carbocycles. The van der Waals surface area contributed by atoms with Gasteiger partial charge in [-0.1, -0.05) is 6.07 Å². The molecule has 0 fully saturated rings. The number of rotatable bonds is 5. The minimum absolute atomic E-state index is 0.0948. The van der Waals surface area contributed by atoms with Gasteiger partial charge in [-0.05, 0) is 91.0 Å². The number of halogens is 1. The first-order valence-electron chi connectivity index (χ1n) is 13.0. The Bertz CT molecular complexity index is 1950. The van der Waals surface area contributed by atoms with Gasteiger partial charge in [-0.2, -0.15) is 0 Å². The lowest BCUT2D eigenvalue weighted by Gasteiger charge is -2.16. The summed E-state index contributed by atoms with van der Waals surface area (Å²) >= 11 is 5.96. The first-order valence-corrected chi connectivity index (χ1v) is 13.4. The molecule has 0 saturated heterocycles. The molecule has 11 nitrogen and oxygen atoms in total. The van der Waals surface area contributed by atoms with Gasteiger partial charge >= 0.3 is 0 Å². The summed E-state index contributed by atoms with van der Waals surface area (Å²) in [5.74, 6) is 1.38. The van der Waals surface area contributed by atoms with Crippen molar-refractivity contribution in [3.05, 3.63) is 101 Å². The number of nitrogen functional groups attached to an aromatic ring is 1. The van der Waals surface area contributed by atoms with E-state index >= 15 is 0 Å². The summed E-state index contributed by atoms with van der Waals surface area (Å²) in [6.45, 7) is 1.89. The zero-order valence-corrected chi connectivity index (χ0v) is 22.6. The number of benzene rings is 1. The quantitative estimate of drug-likeness (QED) is 0.314. The predicted octanol–water partition coefficient (Wildman–Crippen LogP) is 4.42. The van der Waals surface area contributed by atoms with E-state index in [-0.39, 0.29) is 17.2 Å². The third-order valence-corrected chi connectivity index (χ3v) is 7.38. The van der Waals surface area contributed by atoms with E-state index in [4.69, 9.17) is 27.3 Å². The molecule has 41 heavy (non-hydrogen) atoms. The van der Waals surface area contributed by atoms with Gasteiger partial charge in [-0.15, -0.1) is 5.10 Å². The molecule has 7 rings (SSSR count). The number of aromatic nitrogens is 8. The van der Waals surface area contributed by atoms with Crippen LogP contribution in [0.25, 0.3) is 34.1 Å². The Kier molecular flexibility index (Phi) is 5.93. The molecule has 12 heteroatoms. The summed E-state index contributed by atoms with van der Waals surface area (Å²) in [5, 5.41) is 7.48. The second-order valence-corrected chi connectivity index (χ2v) is 10.2. The third kappa shape index (κ3) is 4.45. The highest BCUT2D eigenvalue weighted by atomic mass is 35.5. The van der Waals surface area contributed by atoms with Gasteiger partial charge in [0.1, 0.15) is 17.7 Å². The monoisotopic (exact) mass is 562 g/mol. The van der Waals surface area contributed by atoms with Crippen molar-refractivity contribution >= 4 is 34.5 Å². The second-order valence-electron chi connectivity index (χ2n) is 9.81. The number of carbonyl (C=O) groups is 1. The van der Waals surface area contributed by atoms with Crippen LogP contribution in [-0.4, -0.2) is 45.2 Å². The topological polar surface area (TPSA) is 142 Å². The van der Waals surface area contributed by atoms with E-state index in [2.05, 4.69) is 37.5 Å². The zero-order valence-electron chi connectivity index (χ0n) is 21.9. The van der Waals surface area contributed by atoms with Crippen LogP contribution < -0.4 is 11.1 Å². The van der Waals surface area contributed by atoms with Crippen molar-refractivity contribution in [2.75, 3.05) is 5.73 Å². The fraction of sp³-hybridized carbons (Fsp3) is 0.138. The number of nitrogens with two attached hydrogens (primary N) is 1. The molecule has 5 aromatic heterocycles. The van der Waals surface area contributed by atoms with Crippen molar-refractivity contribution < 1.29 is 4.79 Å². The van der Waals surface area contributed by atoms with E-state index in [1.54, 1.807) is 24.5 Å². The van der Waals surface area contributed by atoms with Crippen LogP contribution in [0.4, 0.5) is 5.82 Å². The standard InChI is InChI=1S/C29H23ClN10O/c1-16-4-5-18(14-33-16)28(41)36-22-9-6-17-13-19(7-8-20(17)22)40-26(21-3-2-12-32-25(21)31)35-23-10-11-24(37-27(23)40)39-15-34-29(30)38-39/h2-5,7-8,10-15,22H,6,9H2,1H3,(H2,31,32)(H,36,41)/t22-/m0/s1. The minimum Gasteiger partial charge on any atom is -0.383 e. The number of hydrogen-bond donors (Lipinski definition) is 2. The molecule has 0 aliphatic heterocycles. The summed E-state index contributed by atoms with van der Waals surface area (Å²) in [7, 11) is 0. The van der Waals surface area contributed by atoms with Crippen LogP contribution in [0.1, 0.15) is 39.6 Å². The lowest BCUT2D eigenvalue weighted by molar-refractivity contribution is 0.0936. The molecule has 1 amide bonds. The van der Waals surface area contributed by atoms with E-state index in [0.29, 0.717) is 39.8 Å². The maximum Gasteiger partial charge on any atom is 0.253 e. The Morgan fingerprint density at radius 1 is 1.07 bits per heavy atom. The number of nitrogens with zero attached hydrogens (tertiary/aromatic N) is 8. The second kappa shape index (κ2) is 9.79. The molecule has 1 aliphatic rings. The van der Waals surface area contributed by atoms with Crippen LogP contribution in [0.3, 0.4) is 0 Å². The number of imidazole rings is 1. The van der Waals surface area contributed by atoms with Crippen molar-refractivity contribution in [1.29, 1.82) is 0 Å². The highest BCUT2D eigenvalue weighted by Crippen LogP contribution is 2.36. The van der Waals surface area contributed by atoms with Crippen LogP contribution in [0, 0.1) is 6.92 Å². The van der Waals surface area contributed by atoms with E-state index in [9.17, 15) is 4.79 Å². The van der Waals surface area contributed by atoms with Crippen molar-refractivity contribution in [1.82, 2.24) is 44.6 Å². The van der Waals surface area contributed by atoms with Gasteiger partial charge in [0, 0.05) is 23.8 Å². The maximum atomic E-state index is 12.9. The van der Waals surface area contributed by atoms with Gasteiger partial charge in [0.25, 0.3) is 5.91 Å². The number of anilines is 1. The largest absolute Gasteiger partial charge is 0.383 e. The molecule has 0 spiro atoms. The molecule has 1 aromatic carbocycles. The fourth-order valence-corrected chi connectivity index (χ4v) is 5.32. The maximum absolute atomic E-state index is 12.9. The average molecular weight is 563 g/mol. The molecule has 6 aromatic rings. The molecular weight excluding hydrogens is 540 g/mol. The summed E-state index contributed by atoms with van der Waals surface area (Å²) in [6.07, 6.45) is 6.37. The first kappa shape index (κ1) is 24.9. The van der Waals surface area contributed by atoms with Crippen LogP contribution >= 0.6 is 11.6 Å². The summed E-state index contributed by atoms with van der Waals surface area (Å²) in [6, 6.07) is 17.1. The lowest BCUT2D eigenvalue weighted by atomic mass is 10.1. The summed E-state index contributed by atoms with van der Waals surface area (Å²) < 4.78 is 3.48. The molecule has 202 valence electrons. The van der Waals surface area contributed by atoms with Gasteiger partial charge in [0.15, 0.2) is 17.3 Å². The first-order chi connectivity index (χ1) is 19.9. The Labute approximate surface area is 239 Å². The number of amides is 1. The van der Waals surface area contributed by atoms with E-state index in [1.165, 1.54) is 11.0 Å². The van der Waals surface area contributed by atoms with Crippen LogP contribution in [0.15, 0.2) is 73.3 Å². The summed E-state index contributed by atoms with van der Waals surface area (Å²) in [5.41, 5.74) is 12.8. The zero-order chi connectivity index (χ0) is 28.1. The van der Waals surface area contributed by atoms with Crippen LogP contribution in [-0.2, 0) is 6.42 Å². The molecule has 1 atom stereocenters. The van der Waals surface area contributed by atoms with Gasteiger partial charge < -0.3 is 11.1 Å². The van der Waals surface area contributed by atoms with Gasteiger partial charge in [0.2, 0.25) is 5.28 Å². The van der Waals surface area contributed by atoms with Crippen LogP contribution in [0.2, 0.25) is 5.28 Å². The van der Waals surface area contributed by atoms with Crippen molar-refractivity contribution in [3.8, 4) is 22.9 Å². The van der Waals surface area contributed by atoms with Crippen molar-refractivity contribution in [2.45, 2.75) is 25.8 Å². The van der Waals surface area contributed by atoms with Gasteiger partial charge in [0.05, 0.1) is 17.2 Å². The number of pyridine rings is 3. The number of fused-ring (bicyclic) bond motifs is 2. The Hall–Kier alpha value is -5.16. The predicted molar refractivity (Wildman–Crippen MR) is 154 cm³/mol. The van der Waals surface area contributed by atoms with E-state index in [0.717, 1.165) is 35.3 Å². The average Bonchev–Trinajstić information content (AvgIpc) is 3.70. The molecule has 0 unspecified atom stereocenters. The smallest absolute Gasteiger partial charge is 0.253 e. The van der Waals surface area contributed by atoms with Gasteiger partial charge in [-0.25, -0.2) is 24.6 Å². The number of aryl methyl sites for hydroxylation is 2. The number of hydrogen-bond acceptors (Lipinski definition) is 8. The number of nitrogens with one attached hydrogen (secondary N) is 1. The molecule has 3 N–H and O–H groups in total. The molecule has 5 heterocycles. The molecular formula is C29H23ClN10O. The van der Waals surface area contributed by atoms with Crippen LogP contribution in [0.5, 0.6) is 0 Å². The van der Waals surface area contributed by atoms with E-state index in [1.807, 2.05) is 41.8 Å². The number of carbonyl (C=O) groups excluding carboxylic acids is 1. The normalized spacial score (nSPS) is 14.3. The Morgan fingerprint density at radius 3 is 2.76 bits per heavy atom. The SMILES string of the molecule is Cc1ccc(C(=O)N[C@H]2CCc3cc(-n4c(-c5cccnc5N)nc5ccc(-n6cnc(Cl)n6)nc54)ccc32)cn1. The Morgan fingerprint density at radius 2 is 1.98 bits per heavy atom.